The van der Waals surface area contributed by atoms with Crippen molar-refractivity contribution in [1.82, 2.24) is 15.2 Å². The topological polar surface area (TPSA) is 117 Å². The number of thioether (sulfide) groups is 1. The molecule has 0 radical (unpaired) electrons. The minimum absolute atomic E-state index is 0.0833. The van der Waals surface area contributed by atoms with Crippen LogP contribution in [0.3, 0.4) is 0 Å². The molecule has 1 heterocycles. The minimum Gasteiger partial charge on any atom is -0.325 e. The van der Waals surface area contributed by atoms with E-state index in [2.05, 4.69) is 25.8 Å². The molecule has 0 aliphatic carbocycles. The molecule has 2 amide bonds. The second kappa shape index (κ2) is 10.9. The van der Waals surface area contributed by atoms with Crippen LogP contribution in [-0.2, 0) is 9.59 Å². The van der Waals surface area contributed by atoms with Crippen LogP contribution >= 0.6 is 23.4 Å². The van der Waals surface area contributed by atoms with Crippen LogP contribution in [0.4, 0.5) is 11.4 Å². The lowest BCUT2D eigenvalue weighted by Gasteiger charge is -2.14. The number of aromatic nitrogens is 3. The Morgan fingerprint density at radius 1 is 1.06 bits per heavy atom. The number of aromatic amines is 1. The number of carbonyl (C=O) groups excluding carboxylic acids is 2. The number of anilines is 2. The van der Waals surface area contributed by atoms with Gasteiger partial charge in [-0.2, -0.15) is 0 Å². The lowest BCUT2D eigenvalue weighted by molar-refractivity contribution is -0.116. The fourth-order valence-corrected chi connectivity index (χ4v) is 3.77. The average molecular weight is 472 g/mol. The van der Waals surface area contributed by atoms with Gasteiger partial charge in [0, 0.05) is 22.7 Å². The van der Waals surface area contributed by atoms with Crippen molar-refractivity contribution in [3.63, 3.8) is 0 Å². The average Bonchev–Trinajstić information content (AvgIpc) is 2.79. The third-order valence-electron chi connectivity index (χ3n) is 4.48. The third-order valence-corrected chi connectivity index (χ3v) is 5.97. The quantitative estimate of drug-likeness (QED) is 0.420. The molecule has 3 N–H and O–H groups in total. The minimum atomic E-state index is -0.488. The van der Waals surface area contributed by atoms with E-state index in [1.165, 1.54) is 0 Å². The first-order valence-corrected chi connectivity index (χ1v) is 11.3. The molecule has 0 saturated carbocycles. The summed E-state index contributed by atoms with van der Waals surface area (Å²) in [5.74, 6) is -0.398. The number of rotatable bonds is 8. The fraction of sp³-hybridized carbons (Fsp3) is 0.227. The van der Waals surface area contributed by atoms with Crippen LogP contribution in [0, 0.1) is 0 Å². The molecular weight excluding hydrogens is 450 g/mol. The molecule has 8 nitrogen and oxygen atoms in total. The maximum absolute atomic E-state index is 12.7. The van der Waals surface area contributed by atoms with Crippen LogP contribution in [0.1, 0.15) is 26.7 Å². The number of halogens is 1. The zero-order chi connectivity index (χ0) is 23.1. The summed E-state index contributed by atoms with van der Waals surface area (Å²) in [6.45, 7) is 3.61. The van der Waals surface area contributed by atoms with E-state index in [1.807, 2.05) is 6.92 Å². The van der Waals surface area contributed by atoms with E-state index in [9.17, 15) is 14.4 Å². The smallest absolute Gasteiger partial charge is 0.278 e. The van der Waals surface area contributed by atoms with E-state index in [4.69, 9.17) is 11.6 Å². The highest BCUT2D eigenvalue weighted by molar-refractivity contribution is 8.00. The molecule has 0 aliphatic rings. The Morgan fingerprint density at radius 3 is 2.44 bits per heavy atom. The van der Waals surface area contributed by atoms with Crippen LogP contribution in [0.25, 0.3) is 11.3 Å². The standard InChI is InChI=1S/C22H22ClN5O3S/c1-3-17(20(30)24-14-11-9-13(23)10-12-14)32-22-26-21(31)19(27-28-22)15-7-5-6-8-16(15)25-18(29)4-2/h5-12,17H,3-4H2,1-2H3,(H,24,30)(H,25,29)(H,26,28,31). The monoisotopic (exact) mass is 471 g/mol. The van der Waals surface area contributed by atoms with E-state index in [-0.39, 0.29) is 22.7 Å². The number of benzene rings is 2. The Kier molecular flexibility index (Phi) is 8.02. The number of carbonyl (C=O) groups is 2. The fourth-order valence-electron chi connectivity index (χ4n) is 2.80. The lowest BCUT2D eigenvalue weighted by atomic mass is 10.1. The highest BCUT2D eigenvalue weighted by Gasteiger charge is 2.21. The first-order valence-electron chi connectivity index (χ1n) is 10.0. The van der Waals surface area contributed by atoms with Crippen molar-refractivity contribution >= 4 is 46.6 Å². The van der Waals surface area contributed by atoms with Crippen LogP contribution < -0.4 is 16.2 Å². The Balaban J connectivity index is 1.77. The summed E-state index contributed by atoms with van der Waals surface area (Å²) in [5.41, 5.74) is 1.19. The van der Waals surface area contributed by atoms with Crippen molar-refractivity contribution < 1.29 is 9.59 Å². The molecule has 10 heteroatoms. The molecule has 0 aliphatic heterocycles. The molecule has 166 valence electrons. The van der Waals surface area contributed by atoms with Gasteiger partial charge in [-0.3, -0.25) is 19.4 Å². The van der Waals surface area contributed by atoms with Crippen LogP contribution in [0.15, 0.2) is 58.5 Å². The largest absolute Gasteiger partial charge is 0.325 e. The Morgan fingerprint density at radius 2 is 1.78 bits per heavy atom. The van der Waals surface area contributed by atoms with E-state index >= 15 is 0 Å². The van der Waals surface area contributed by atoms with E-state index in [0.29, 0.717) is 34.8 Å². The van der Waals surface area contributed by atoms with E-state index < -0.39 is 10.8 Å². The Hall–Kier alpha value is -3.17. The molecular formula is C22H22ClN5O3S. The van der Waals surface area contributed by atoms with Gasteiger partial charge in [0.05, 0.1) is 10.9 Å². The maximum atomic E-state index is 12.7. The summed E-state index contributed by atoms with van der Waals surface area (Å²) in [6.07, 6.45) is 0.823. The number of amides is 2. The van der Waals surface area contributed by atoms with E-state index in [0.717, 1.165) is 11.8 Å². The first-order chi connectivity index (χ1) is 15.4. The molecule has 1 unspecified atom stereocenters. The molecule has 3 aromatic rings. The third kappa shape index (κ3) is 5.95. The number of nitrogens with one attached hydrogen (secondary N) is 3. The second-order valence-electron chi connectivity index (χ2n) is 6.77. The van der Waals surface area contributed by atoms with Crippen molar-refractivity contribution in [1.29, 1.82) is 0 Å². The van der Waals surface area contributed by atoms with Gasteiger partial charge in [0.25, 0.3) is 5.56 Å². The predicted molar refractivity (Wildman–Crippen MR) is 127 cm³/mol. The SMILES string of the molecule is CCC(=O)Nc1ccccc1-c1nnc(SC(CC)C(=O)Nc2ccc(Cl)cc2)[nH]c1=O. The highest BCUT2D eigenvalue weighted by Crippen LogP contribution is 2.26. The Bertz CT molecular complexity index is 1170. The second-order valence-corrected chi connectivity index (χ2v) is 8.39. The van der Waals surface area contributed by atoms with Crippen LogP contribution in [-0.4, -0.2) is 32.2 Å². The zero-order valence-corrected chi connectivity index (χ0v) is 19.1. The summed E-state index contributed by atoms with van der Waals surface area (Å²) < 4.78 is 0. The number of nitrogens with zero attached hydrogens (tertiary/aromatic N) is 2. The van der Waals surface area contributed by atoms with Crippen molar-refractivity contribution in [2.24, 2.45) is 0 Å². The summed E-state index contributed by atoms with van der Waals surface area (Å²) in [5, 5.41) is 14.1. The molecule has 0 spiro atoms. The molecule has 3 rings (SSSR count). The number of hydrogen-bond donors (Lipinski definition) is 3. The molecule has 0 saturated heterocycles. The van der Waals surface area contributed by atoms with Gasteiger partial charge in [0.15, 0.2) is 10.9 Å². The van der Waals surface area contributed by atoms with Gasteiger partial charge in [0.2, 0.25) is 11.8 Å². The van der Waals surface area contributed by atoms with E-state index in [1.54, 1.807) is 55.5 Å². The number of hydrogen-bond acceptors (Lipinski definition) is 6. The van der Waals surface area contributed by atoms with Gasteiger partial charge in [-0.1, -0.05) is 55.4 Å². The molecule has 1 aromatic heterocycles. The van der Waals surface area contributed by atoms with Crippen molar-refractivity contribution in [2.75, 3.05) is 10.6 Å². The highest BCUT2D eigenvalue weighted by atomic mass is 35.5. The summed E-state index contributed by atoms with van der Waals surface area (Å²) in [6, 6.07) is 13.7. The number of H-pyrrole nitrogens is 1. The first kappa shape index (κ1) is 23.5. The number of para-hydroxylation sites is 1. The van der Waals surface area contributed by atoms with Crippen LogP contribution in [0.5, 0.6) is 0 Å². The summed E-state index contributed by atoms with van der Waals surface area (Å²) in [4.78, 5) is 39.8. The van der Waals surface area contributed by atoms with Gasteiger partial charge in [-0.15, -0.1) is 10.2 Å². The zero-order valence-electron chi connectivity index (χ0n) is 17.5. The lowest BCUT2D eigenvalue weighted by Crippen LogP contribution is -2.25. The summed E-state index contributed by atoms with van der Waals surface area (Å²) in [7, 11) is 0. The molecule has 0 fully saturated rings. The maximum Gasteiger partial charge on any atom is 0.278 e. The van der Waals surface area contributed by atoms with Crippen molar-refractivity contribution in [2.45, 2.75) is 37.1 Å². The molecule has 0 bridgehead atoms. The van der Waals surface area contributed by atoms with Gasteiger partial charge < -0.3 is 10.6 Å². The van der Waals surface area contributed by atoms with Gasteiger partial charge >= 0.3 is 0 Å². The molecule has 2 aromatic carbocycles. The predicted octanol–water partition coefficient (Wildman–Crippen LogP) is 4.34. The Labute approximate surface area is 194 Å². The van der Waals surface area contributed by atoms with Gasteiger partial charge in [-0.25, -0.2) is 0 Å². The van der Waals surface area contributed by atoms with Crippen molar-refractivity contribution in [3.8, 4) is 11.3 Å². The molecule has 32 heavy (non-hydrogen) atoms. The van der Waals surface area contributed by atoms with Crippen LogP contribution in [0.2, 0.25) is 5.02 Å². The normalized spacial score (nSPS) is 11.6. The van der Waals surface area contributed by atoms with Crippen molar-refractivity contribution in [3.05, 3.63) is 63.9 Å². The summed E-state index contributed by atoms with van der Waals surface area (Å²) >= 11 is 6.99. The van der Waals surface area contributed by atoms with Gasteiger partial charge in [0.1, 0.15) is 0 Å². The van der Waals surface area contributed by atoms with Gasteiger partial charge in [-0.05, 0) is 36.8 Å². The molecule has 1 atom stereocenters.